The number of alkyl halides is 5. The van der Waals surface area contributed by atoms with Crippen molar-refractivity contribution in [1.29, 1.82) is 0 Å². The van der Waals surface area contributed by atoms with E-state index in [4.69, 9.17) is 0 Å². The van der Waals surface area contributed by atoms with Crippen molar-refractivity contribution in [2.75, 3.05) is 4.43 Å². The van der Waals surface area contributed by atoms with Crippen molar-refractivity contribution in [3.05, 3.63) is 0 Å². The second-order valence-electron chi connectivity index (χ2n) is 2.31. The maximum absolute atomic E-state index is 11.6. The summed E-state index contributed by atoms with van der Waals surface area (Å²) < 4.78 is 31.4. The molecule has 0 radical (unpaired) electrons. The Bertz CT molecular complexity index is 90.2. The predicted molar refractivity (Wildman–Crippen MR) is 35.1 cm³/mol. The molecule has 0 aromatic rings. The Morgan fingerprint density at radius 2 is 1.73 bits per heavy atom. The number of rotatable bonds is 5. The molecule has 11 heavy (non-hydrogen) atoms. The van der Waals surface area contributed by atoms with Crippen molar-refractivity contribution in [3.8, 4) is 0 Å². The summed E-state index contributed by atoms with van der Waals surface area (Å²) in [4.78, 5) is 0. The van der Waals surface area contributed by atoms with Gasteiger partial charge in [0, 0.05) is 0 Å². The molecular weight excluding hydrogens is 268 g/mol. The van der Waals surface area contributed by atoms with Crippen molar-refractivity contribution in [1.82, 2.24) is 0 Å². The first kappa shape index (κ1) is 11.5. The van der Waals surface area contributed by atoms with Crippen LogP contribution in [0.15, 0.2) is 0 Å². The molecule has 0 aromatic carbocycles. The fourth-order valence-electron chi connectivity index (χ4n) is 0.695. The fraction of sp³-hybridized carbons (Fsp3) is 1.00. The van der Waals surface area contributed by atoms with Gasteiger partial charge in [0.15, 0.2) is 0 Å². The van der Waals surface area contributed by atoms with Crippen molar-refractivity contribution in [2.24, 2.45) is 0 Å². The van der Waals surface area contributed by atoms with Crippen LogP contribution >= 0.6 is 0 Å². The van der Waals surface area contributed by atoms with Crippen molar-refractivity contribution < 1.29 is 34.4 Å². The molecule has 0 atom stereocenters. The zero-order valence-corrected chi connectivity index (χ0v) is 8.70. The summed E-state index contributed by atoms with van der Waals surface area (Å²) in [5.74, 6) is 0. The number of halogens is 4. The molecule has 0 bridgehead atoms. The summed E-state index contributed by atoms with van der Waals surface area (Å²) in [5.41, 5.74) is 0. The summed E-state index contributed by atoms with van der Waals surface area (Å²) in [6.45, 7) is 2.05. The van der Waals surface area contributed by atoms with Gasteiger partial charge in [0.1, 0.15) is 0 Å². The van der Waals surface area contributed by atoms with Crippen molar-refractivity contribution in [3.63, 3.8) is 0 Å². The van der Waals surface area contributed by atoms with Crippen molar-refractivity contribution >= 4 is 0 Å². The maximum atomic E-state index is 11.6. The summed E-state index contributed by atoms with van der Waals surface area (Å²) >= 11 is -1.54. The molecule has 0 aromatic heterocycles. The zero-order valence-electron chi connectivity index (χ0n) is 6.55. The van der Waals surface area contributed by atoms with E-state index in [1.807, 2.05) is 0 Å². The normalized spacial score (nSPS) is 12.4. The molecule has 4 heteroatoms. The van der Waals surface area contributed by atoms with E-state index in [0.29, 0.717) is 4.43 Å². The van der Waals surface area contributed by atoms with Crippen LogP contribution in [0.25, 0.3) is 0 Å². The van der Waals surface area contributed by atoms with E-state index in [2.05, 4.69) is 6.92 Å². The van der Waals surface area contributed by atoms with E-state index in [9.17, 15) is 13.2 Å². The minimum atomic E-state index is -3.84. The number of hydrogen-bond donors (Lipinski definition) is 0. The van der Waals surface area contributed by atoms with Gasteiger partial charge in [0.05, 0.1) is 0 Å². The predicted octanol–water partition coefficient (Wildman–Crippen LogP) is 0.175. The molecular formula is C7H13F3I-. The number of hydrogen-bond acceptors (Lipinski definition) is 0. The molecule has 0 unspecified atom stereocenters. The molecule has 0 rings (SSSR count). The van der Waals surface area contributed by atoms with Crippen LogP contribution in [0.2, 0.25) is 0 Å². The average Bonchev–Trinajstić information content (AvgIpc) is 1.85. The Labute approximate surface area is 75.8 Å². The van der Waals surface area contributed by atoms with Gasteiger partial charge in [-0.15, -0.1) is 0 Å². The standard InChI is InChI=1S/C7H13F3I/c1-2-3-4-5-6-11-7(8,9)10/h2-6H2,1H3/q-1. The molecule has 0 aliphatic carbocycles. The first-order valence-corrected chi connectivity index (χ1v) is 6.33. The Morgan fingerprint density at radius 1 is 1.09 bits per heavy atom. The summed E-state index contributed by atoms with van der Waals surface area (Å²) in [6.07, 6.45) is 3.89. The quantitative estimate of drug-likeness (QED) is 0.383. The summed E-state index contributed by atoms with van der Waals surface area (Å²) in [6, 6.07) is 0. The Kier molecular flexibility index (Phi) is 6.37. The monoisotopic (exact) mass is 281 g/mol. The van der Waals surface area contributed by atoms with Crippen LogP contribution in [0, 0.1) is 0 Å². The van der Waals surface area contributed by atoms with E-state index >= 15 is 0 Å². The Morgan fingerprint density at radius 3 is 2.18 bits per heavy atom. The van der Waals surface area contributed by atoms with E-state index < -0.39 is 25.4 Å². The topological polar surface area (TPSA) is 0 Å². The Balaban J connectivity index is 3.02. The van der Waals surface area contributed by atoms with E-state index in [1.165, 1.54) is 0 Å². The van der Waals surface area contributed by atoms with Gasteiger partial charge in [-0.1, -0.05) is 0 Å². The van der Waals surface area contributed by atoms with Crippen LogP contribution in [0.1, 0.15) is 32.6 Å². The van der Waals surface area contributed by atoms with Crippen LogP contribution < -0.4 is 21.2 Å². The van der Waals surface area contributed by atoms with Crippen LogP contribution in [-0.4, -0.2) is 8.61 Å². The van der Waals surface area contributed by atoms with Crippen molar-refractivity contribution in [2.45, 2.75) is 36.8 Å². The van der Waals surface area contributed by atoms with Gasteiger partial charge in [0.2, 0.25) is 0 Å². The molecule has 0 saturated carbocycles. The minimum absolute atomic E-state index is 0.405. The SMILES string of the molecule is CCCCCC[I-]C(F)(F)F. The van der Waals surface area contributed by atoms with Crippen LogP contribution in [0.4, 0.5) is 13.2 Å². The summed E-state index contributed by atoms with van der Waals surface area (Å²) in [5, 5.41) is 0. The first-order chi connectivity index (χ1) is 5.06. The molecule has 0 N–H and O–H groups in total. The van der Waals surface area contributed by atoms with E-state index in [1.54, 1.807) is 0 Å². The van der Waals surface area contributed by atoms with Gasteiger partial charge in [0.25, 0.3) is 0 Å². The van der Waals surface area contributed by atoms with Gasteiger partial charge >= 0.3 is 75.6 Å². The third-order valence-electron chi connectivity index (χ3n) is 1.23. The molecule has 0 fully saturated rings. The Hall–Kier alpha value is 0.520. The number of unbranched alkanes of at least 4 members (excludes halogenated alkanes) is 3. The molecule has 0 nitrogen and oxygen atoms in total. The molecule has 0 aliphatic heterocycles. The van der Waals surface area contributed by atoms with Gasteiger partial charge in [-0.05, 0) is 0 Å². The first-order valence-electron chi connectivity index (χ1n) is 3.73. The second-order valence-corrected chi connectivity index (χ2v) is 5.38. The van der Waals surface area contributed by atoms with Crippen LogP contribution in [-0.2, 0) is 0 Å². The van der Waals surface area contributed by atoms with Gasteiger partial charge in [-0.3, -0.25) is 0 Å². The molecule has 0 heterocycles. The zero-order chi connectivity index (χ0) is 8.74. The molecule has 0 amide bonds. The second kappa shape index (κ2) is 6.08. The fourth-order valence-corrected chi connectivity index (χ4v) is 2.23. The molecule has 70 valence electrons. The van der Waals surface area contributed by atoms with E-state index in [0.717, 1.165) is 25.7 Å². The van der Waals surface area contributed by atoms with Crippen LogP contribution in [0.5, 0.6) is 0 Å². The van der Waals surface area contributed by atoms with E-state index in [-0.39, 0.29) is 0 Å². The average molecular weight is 281 g/mol. The third-order valence-corrected chi connectivity index (χ3v) is 3.40. The molecule has 0 aliphatic rings. The van der Waals surface area contributed by atoms with Gasteiger partial charge < -0.3 is 0 Å². The van der Waals surface area contributed by atoms with Gasteiger partial charge in [-0.25, -0.2) is 0 Å². The third kappa shape index (κ3) is 10.5. The van der Waals surface area contributed by atoms with Crippen LogP contribution in [0.3, 0.4) is 0 Å². The molecule has 0 spiro atoms. The molecule has 0 saturated heterocycles. The summed E-state index contributed by atoms with van der Waals surface area (Å²) in [7, 11) is 0. The van der Waals surface area contributed by atoms with Gasteiger partial charge in [-0.2, -0.15) is 0 Å².